The molecule has 0 aliphatic carbocycles. The molecule has 0 amide bonds. The number of hydrogen-bond acceptors (Lipinski definition) is 1. The van der Waals surface area contributed by atoms with Crippen LogP contribution in [0.4, 0.5) is 0 Å². The van der Waals surface area contributed by atoms with Crippen molar-refractivity contribution < 1.29 is 0 Å². The van der Waals surface area contributed by atoms with Gasteiger partial charge in [-0.2, -0.15) is 0 Å². The minimum absolute atomic E-state index is 0.274. The van der Waals surface area contributed by atoms with Gasteiger partial charge in [0.25, 0.3) is 0 Å². The zero-order valence-electron chi connectivity index (χ0n) is 13.5. The predicted molar refractivity (Wildman–Crippen MR) is 96.1 cm³/mol. The Morgan fingerprint density at radius 1 is 1.13 bits per heavy atom. The minimum atomic E-state index is 0.274. The summed E-state index contributed by atoms with van der Waals surface area (Å²) in [6.07, 6.45) is 5.71. The summed E-state index contributed by atoms with van der Waals surface area (Å²) in [7, 11) is 0. The van der Waals surface area contributed by atoms with Crippen LogP contribution in [0.5, 0.6) is 0 Å². The van der Waals surface area contributed by atoms with Crippen molar-refractivity contribution in [3.05, 3.63) is 88.0 Å². The molecule has 3 aromatic rings. The van der Waals surface area contributed by atoms with Gasteiger partial charge in [0, 0.05) is 23.3 Å². The predicted octanol–water partition coefficient (Wildman–Crippen LogP) is 5.31. The van der Waals surface area contributed by atoms with Gasteiger partial charge in [-0.1, -0.05) is 48.9 Å². The van der Waals surface area contributed by atoms with E-state index in [0.29, 0.717) is 0 Å². The van der Waals surface area contributed by atoms with E-state index in [1.54, 1.807) is 0 Å². The molecule has 1 heterocycles. The number of imidazole rings is 1. The first-order valence-electron chi connectivity index (χ1n) is 7.97. The van der Waals surface area contributed by atoms with Crippen LogP contribution in [-0.4, -0.2) is 9.97 Å². The number of aryl methyl sites for hydroxylation is 2. The number of aromatic nitrogens is 2. The lowest BCUT2D eigenvalue weighted by atomic mass is 9.90. The molecule has 0 radical (unpaired) electrons. The lowest BCUT2D eigenvalue weighted by Gasteiger charge is -2.16. The Kier molecular flexibility index (Phi) is 4.82. The number of benzene rings is 2. The fourth-order valence-corrected chi connectivity index (χ4v) is 3.29. The van der Waals surface area contributed by atoms with Crippen LogP contribution in [0, 0.1) is 6.92 Å². The molecule has 1 atom stereocenters. The molecule has 3 rings (SSSR count). The summed E-state index contributed by atoms with van der Waals surface area (Å²) < 4.78 is 0. The molecular formula is C20H21ClN2. The molecule has 3 heteroatoms. The van der Waals surface area contributed by atoms with Crippen LogP contribution in [-0.2, 0) is 12.8 Å². The average Bonchev–Trinajstić information content (AvgIpc) is 3.08. The largest absolute Gasteiger partial charge is 0.348 e. The normalized spacial score (nSPS) is 12.3. The van der Waals surface area contributed by atoms with Crippen molar-refractivity contribution in [1.82, 2.24) is 9.97 Å². The number of H-pyrrole nitrogens is 1. The molecule has 0 aliphatic heterocycles. The van der Waals surface area contributed by atoms with E-state index >= 15 is 0 Å². The molecule has 118 valence electrons. The van der Waals surface area contributed by atoms with E-state index in [1.807, 2.05) is 30.6 Å². The van der Waals surface area contributed by atoms with Crippen LogP contribution in [0.15, 0.2) is 54.9 Å². The molecule has 0 fully saturated rings. The van der Waals surface area contributed by atoms with E-state index in [-0.39, 0.29) is 5.92 Å². The Labute approximate surface area is 142 Å². The number of rotatable bonds is 5. The van der Waals surface area contributed by atoms with E-state index in [9.17, 15) is 0 Å². The summed E-state index contributed by atoms with van der Waals surface area (Å²) in [5.41, 5.74) is 5.37. The van der Waals surface area contributed by atoms with Crippen LogP contribution < -0.4 is 0 Å². The second-order valence-corrected chi connectivity index (χ2v) is 6.39. The lowest BCUT2D eigenvalue weighted by molar-refractivity contribution is 0.824. The monoisotopic (exact) mass is 324 g/mol. The highest BCUT2D eigenvalue weighted by Crippen LogP contribution is 2.27. The van der Waals surface area contributed by atoms with Crippen LogP contribution in [0.3, 0.4) is 0 Å². The summed E-state index contributed by atoms with van der Waals surface area (Å²) in [5, 5.41) is 0.805. The van der Waals surface area contributed by atoms with Crippen molar-refractivity contribution in [2.24, 2.45) is 0 Å². The van der Waals surface area contributed by atoms with Crippen LogP contribution in [0.25, 0.3) is 0 Å². The first-order chi connectivity index (χ1) is 11.1. The molecule has 0 unspecified atom stereocenters. The first-order valence-corrected chi connectivity index (χ1v) is 8.35. The molecule has 0 bridgehead atoms. The first kappa shape index (κ1) is 15.8. The van der Waals surface area contributed by atoms with E-state index in [0.717, 1.165) is 23.7 Å². The summed E-state index contributed by atoms with van der Waals surface area (Å²) in [6.45, 7) is 4.41. The molecule has 2 aromatic carbocycles. The quantitative estimate of drug-likeness (QED) is 0.677. The van der Waals surface area contributed by atoms with E-state index in [4.69, 9.17) is 11.6 Å². The molecule has 0 saturated heterocycles. The van der Waals surface area contributed by atoms with Gasteiger partial charge in [0.15, 0.2) is 0 Å². The molecule has 23 heavy (non-hydrogen) atoms. The molecule has 0 saturated carbocycles. The van der Waals surface area contributed by atoms with E-state index < -0.39 is 0 Å². The zero-order valence-corrected chi connectivity index (χ0v) is 14.3. The number of aromatic amines is 1. The fourth-order valence-electron chi connectivity index (χ4n) is 3.08. The molecule has 1 aromatic heterocycles. The lowest BCUT2D eigenvalue weighted by Crippen LogP contribution is -2.04. The Morgan fingerprint density at radius 3 is 2.70 bits per heavy atom. The Balaban J connectivity index is 1.79. The Bertz CT molecular complexity index is 778. The summed E-state index contributed by atoms with van der Waals surface area (Å²) in [5.74, 6) is 1.29. The van der Waals surface area contributed by atoms with Gasteiger partial charge in [0.05, 0.1) is 0 Å². The summed E-state index contributed by atoms with van der Waals surface area (Å²) in [4.78, 5) is 7.62. The molecule has 0 spiro atoms. The van der Waals surface area contributed by atoms with Gasteiger partial charge in [-0.25, -0.2) is 4.98 Å². The SMILES string of the molecule is Cc1c(CCc2cccc(Cl)c2)cccc1[C@H](C)c1ncc[nH]1. The molecule has 2 nitrogen and oxygen atoms in total. The van der Waals surface area contributed by atoms with Crippen molar-refractivity contribution in [3.63, 3.8) is 0 Å². The van der Waals surface area contributed by atoms with Gasteiger partial charge < -0.3 is 4.98 Å². The highest BCUT2D eigenvalue weighted by Gasteiger charge is 2.14. The van der Waals surface area contributed by atoms with Gasteiger partial charge in [-0.3, -0.25) is 0 Å². The van der Waals surface area contributed by atoms with Crippen LogP contribution in [0.1, 0.15) is 40.9 Å². The highest BCUT2D eigenvalue weighted by atomic mass is 35.5. The second-order valence-electron chi connectivity index (χ2n) is 5.96. The molecule has 1 N–H and O–H groups in total. The number of hydrogen-bond donors (Lipinski definition) is 1. The van der Waals surface area contributed by atoms with Crippen molar-refractivity contribution in [2.75, 3.05) is 0 Å². The van der Waals surface area contributed by atoms with Crippen LogP contribution in [0.2, 0.25) is 5.02 Å². The van der Waals surface area contributed by atoms with Gasteiger partial charge >= 0.3 is 0 Å². The standard InChI is InChI=1S/C20H21ClN2/c1-14-17(10-9-16-5-3-7-18(21)13-16)6-4-8-19(14)15(2)20-22-11-12-23-20/h3-8,11-13,15H,9-10H2,1-2H3,(H,22,23)/t15-/m0/s1. The van der Waals surface area contributed by atoms with Gasteiger partial charge in [-0.15, -0.1) is 0 Å². The van der Waals surface area contributed by atoms with Gasteiger partial charge in [-0.05, 0) is 54.2 Å². The maximum atomic E-state index is 6.07. The molecule has 0 aliphatic rings. The number of nitrogens with one attached hydrogen (secondary N) is 1. The Hall–Kier alpha value is -2.06. The third kappa shape index (κ3) is 3.65. The fraction of sp³-hybridized carbons (Fsp3) is 0.250. The van der Waals surface area contributed by atoms with Crippen molar-refractivity contribution in [2.45, 2.75) is 32.6 Å². The maximum absolute atomic E-state index is 6.07. The van der Waals surface area contributed by atoms with E-state index in [2.05, 4.69) is 48.1 Å². The number of halogens is 1. The minimum Gasteiger partial charge on any atom is -0.348 e. The van der Waals surface area contributed by atoms with Gasteiger partial charge in [0.1, 0.15) is 5.82 Å². The summed E-state index contributed by atoms with van der Waals surface area (Å²) >= 11 is 6.07. The zero-order chi connectivity index (χ0) is 16.2. The third-order valence-corrected chi connectivity index (χ3v) is 4.69. The summed E-state index contributed by atoms with van der Waals surface area (Å²) in [6, 6.07) is 14.7. The average molecular weight is 325 g/mol. The van der Waals surface area contributed by atoms with Crippen molar-refractivity contribution >= 4 is 11.6 Å². The maximum Gasteiger partial charge on any atom is 0.113 e. The third-order valence-electron chi connectivity index (χ3n) is 4.46. The highest BCUT2D eigenvalue weighted by molar-refractivity contribution is 6.30. The molecular weight excluding hydrogens is 304 g/mol. The Morgan fingerprint density at radius 2 is 1.96 bits per heavy atom. The van der Waals surface area contributed by atoms with Crippen molar-refractivity contribution in [1.29, 1.82) is 0 Å². The van der Waals surface area contributed by atoms with Crippen molar-refractivity contribution in [3.8, 4) is 0 Å². The number of nitrogens with zero attached hydrogens (tertiary/aromatic N) is 1. The van der Waals surface area contributed by atoms with E-state index in [1.165, 1.54) is 22.3 Å². The van der Waals surface area contributed by atoms with Gasteiger partial charge in [0.2, 0.25) is 0 Å². The second kappa shape index (κ2) is 7.01. The van der Waals surface area contributed by atoms with Crippen LogP contribution >= 0.6 is 11.6 Å². The topological polar surface area (TPSA) is 28.7 Å². The smallest absolute Gasteiger partial charge is 0.113 e.